The molecule has 19 heavy (non-hydrogen) atoms. The number of fused-ring (bicyclic) bond motifs is 1. The van der Waals surface area contributed by atoms with E-state index in [9.17, 15) is 4.79 Å². The van der Waals surface area contributed by atoms with Crippen LogP contribution in [0.4, 0.5) is 0 Å². The average Bonchev–Trinajstić information content (AvgIpc) is 2.48. The molecule has 1 unspecified atom stereocenters. The number of hydrogen-bond acceptors (Lipinski definition) is 1. The van der Waals surface area contributed by atoms with E-state index in [0.717, 1.165) is 19.3 Å². The van der Waals surface area contributed by atoms with Crippen molar-refractivity contribution in [2.24, 2.45) is 5.92 Å². The van der Waals surface area contributed by atoms with Gasteiger partial charge in [-0.2, -0.15) is 0 Å². The maximum absolute atomic E-state index is 12.5. The monoisotopic (exact) mass is 256 g/mol. The Morgan fingerprint density at radius 1 is 1.00 bits per heavy atom. The Morgan fingerprint density at radius 3 is 2.63 bits per heavy atom. The maximum atomic E-state index is 12.5. The SMILES string of the molecule is O=C(CC1CCCc2ccccc21)C1CCCCC1. The van der Waals surface area contributed by atoms with Gasteiger partial charge in [0.2, 0.25) is 0 Å². The van der Waals surface area contributed by atoms with Crippen LogP contribution >= 0.6 is 0 Å². The first-order valence-electron chi connectivity index (χ1n) is 7.95. The van der Waals surface area contributed by atoms with Crippen LogP contribution in [-0.2, 0) is 11.2 Å². The predicted octanol–water partition coefficient (Wildman–Crippen LogP) is 4.65. The van der Waals surface area contributed by atoms with E-state index in [1.807, 2.05) is 0 Å². The van der Waals surface area contributed by atoms with Gasteiger partial charge in [0.25, 0.3) is 0 Å². The van der Waals surface area contributed by atoms with Gasteiger partial charge < -0.3 is 0 Å². The van der Waals surface area contributed by atoms with Crippen LogP contribution < -0.4 is 0 Å². The Bertz CT molecular complexity index is 443. The van der Waals surface area contributed by atoms with Crippen molar-refractivity contribution < 1.29 is 4.79 Å². The van der Waals surface area contributed by atoms with Gasteiger partial charge in [-0.05, 0) is 49.1 Å². The van der Waals surface area contributed by atoms with Crippen LogP contribution in [0.3, 0.4) is 0 Å². The number of Topliss-reactive ketones (excluding diaryl/α,β-unsaturated/α-hetero) is 1. The molecule has 0 saturated heterocycles. The Balaban J connectivity index is 1.68. The summed E-state index contributed by atoms with van der Waals surface area (Å²) < 4.78 is 0. The Labute approximate surface area is 116 Å². The van der Waals surface area contributed by atoms with Crippen molar-refractivity contribution in [3.8, 4) is 0 Å². The van der Waals surface area contributed by atoms with E-state index >= 15 is 0 Å². The van der Waals surface area contributed by atoms with Crippen LogP contribution in [0, 0.1) is 5.92 Å². The average molecular weight is 256 g/mol. The zero-order valence-electron chi connectivity index (χ0n) is 11.7. The highest BCUT2D eigenvalue weighted by atomic mass is 16.1. The van der Waals surface area contributed by atoms with Crippen molar-refractivity contribution in [1.29, 1.82) is 0 Å². The molecule has 0 aliphatic heterocycles. The van der Waals surface area contributed by atoms with E-state index in [2.05, 4.69) is 24.3 Å². The fourth-order valence-electron chi connectivity index (χ4n) is 3.90. The molecule has 0 N–H and O–H groups in total. The minimum Gasteiger partial charge on any atom is -0.299 e. The lowest BCUT2D eigenvalue weighted by Gasteiger charge is -2.27. The van der Waals surface area contributed by atoms with Crippen LogP contribution in [0.25, 0.3) is 0 Å². The van der Waals surface area contributed by atoms with Crippen LogP contribution in [0.2, 0.25) is 0 Å². The molecule has 0 aromatic heterocycles. The lowest BCUT2D eigenvalue weighted by Crippen LogP contribution is -2.21. The van der Waals surface area contributed by atoms with Crippen LogP contribution in [0.1, 0.15) is 68.4 Å². The Morgan fingerprint density at radius 2 is 1.79 bits per heavy atom. The van der Waals surface area contributed by atoms with Crippen molar-refractivity contribution in [3.63, 3.8) is 0 Å². The van der Waals surface area contributed by atoms with E-state index in [0.29, 0.717) is 17.6 Å². The third kappa shape index (κ3) is 2.91. The fourth-order valence-corrected chi connectivity index (χ4v) is 3.90. The summed E-state index contributed by atoms with van der Waals surface area (Å²) in [5.41, 5.74) is 2.94. The van der Waals surface area contributed by atoms with Crippen LogP contribution in [0.5, 0.6) is 0 Å². The summed E-state index contributed by atoms with van der Waals surface area (Å²) in [5.74, 6) is 1.42. The smallest absolute Gasteiger partial charge is 0.136 e. The molecule has 2 aliphatic carbocycles. The molecule has 0 amide bonds. The molecular formula is C18H24O. The summed E-state index contributed by atoms with van der Waals surface area (Å²) in [7, 11) is 0. The first-order valence-corrected chi connectivity index (χ1v) is 7.95. The molecule has 1 aromatic rings. The number of aryl methyl sites for hydroxylation is 1. The molecule has 1 nitrogen and oxygen atoms in total. The van der Waals surface area contributed by atoms with Gasteiger partial charge in [0.05, 0.1) is 0 Å². The third-order valence-electron chi connectivity index (χ3n) is 5.00. The number of ketones is 1. The zero-order chi connectivity index (χ0) is 13.1. The summed E-state index contributed by atoms with van der Waals surface area (Å²) in [4.78, 5) is 12.5. The van der Waals surface area contributed by atoms with Crippen molar-refractivity contribution >= 4 is 5.78 Å². The maximum Gasteiger partial charge on any atom is 0.136 e. The Hall–Kier alpha value is -1.11. The normalized spacial score (nSPS) is 23.9. The quantitative estimate of drug-likeness (QED) is 0.769. The minimum absolute atomic E-state index is 0.378. The van der Waals surface area contributed by atoms with Gasteiger partial charge in [-0.15, -0.1) is 0 Å². The first-order chi connectivity index (χ1) is 9.34. The largest absolute Gasteiger partial charge is 0.299 e. The highest BCUT2D eigenvalue weighted by Gasteiger charge is 2.27. The molecule has 1 aromatic carbocycles. The summed E-state index contributed by atoms with van der Waals surface area (Å²) in [5, 5.41) is 0. The molecule has 2 aliphatic rings. The number of rotatable bonds is 3. The van der Waals surface area contributed by atoms with Gasteiger partial charge in [0, 0.05) is 12.3 Å². The van der Waals surface area contributed by atoms with Gasteiger partial charge >= 0.3 is 0 Å². The van der Waals surface area contributed by atoms with E-state index in [4.69, 9.17) is 0 Å². The second kappa shape index (κ2) is 5.90. The van der Waals surface area contributed by atoms with Crippen molar-refractivity contribution in [3.05, 3.63) is 35.4 Å². The number of benzene rings is 1. The van der Waals surface area contributed by atoms with E-state index in [-0.39, 0.29) is 0 Å². The number of carbonyl (C=O) groups excluding carboxylic acids is 1. The van der Waals surface area contributed by atoms with Gasteiger partial charge in [-0.3, -0.25) is 4.79 Å². The van der Waals surface area contributed by atoms with Crippen LogP contribution in [-0.4, -0.2) is 5.78 Å². The van der Waals surface area contributed by atoms with Crippen molar-refractivity contribution in [2.75, 3.05) is 0 Å². The Kier molecular flexibility index (Phi) is 4.00. The summed E-state index contributed by atoms with van der Waals surface area (Å²) in [6.07, 6.45) is 10.6. The molecular weight excluding hydrogens is 232 g/mol. The minimum atomic E-state index is 0.378. The fraction of sp³-hybridized carbons (Fsp3) is 0.611. The highest BCUT2D eigenvalue weighted by molar-refractivity contribution is 5.82. The lowest BCUT2D eigenvalue weighted by atomic mass is 9.77. The van der Waals surface area contributed by atoms with Crippen molar-refractivity contribution in [1.82, 2.24) is 0 Å². The first kappa shape index (κ1) is 12.9. The third-order valence-corrected chi connectivity index (χ3v) is 5.00. The number of carbonyl (C=O) groups is 1. The molecule has 1 saturated carbocycles. The molecule has 3 rings (SSSR count). The van der Waals surface area contributed by atoms with E-state index in [1.54, 1.807) is 0 Å². The standard InChI is InChI=1S/C18H24O/c19-18(15-8-2-1-3-9-15)13-16-11-6-10-14-7-4-5-12-17(14)16/h4-5,7,12,15-16H,1-3,6,8-11,13H2. The second-order valence-electron chi connectivity index (χ2n) is 6.29. The van der Waals surface area contributed by atoms with Gasteiger partial charge in [0.1, 0.15) is 5.78 Å². The van der Waals surface area contributed by atoms with Gasteiger partial charge in [-0.1, -0.05) is 43.5 Å². The zero-order valence-corrected chi connectivity index (χ0v) is 11.7. The summed E-state index contributed by atoms with van der Waals surface area (Å²) in [6, 6.07) is 8.74. The van der Waals surface area contributed by atoms with Crippen molar-refractivity contribution in [2.45, 2.75) is 63.7 Å². The predicted molar refractivity (Wildman–Crippen MR) is 78.3 cm³/mol. The second-order valence-corrected chi connectivity index (χ2v) is 6.29. The molecule has 0 heterocycles. The summed E-state index contributed by atoms with van der Waals surface area (Å²) in [6.45, 7) is 0. The molecule has 1 heteroatoms. The molecule has 102 valence electrons. The van der Waals surface area contributed by atoms with Gasteiger partial charge in [0.15, 0.2) is 0 Å². The molecule has 0 bridgehead atoms. The number of hydrogen-bond donors (Lipinski definition) is 0. The van der Waals surface area contributed by atoms with Crippen LogP contribution in [0.15, 0.2) is 24.3 Å². The highest BCUT2D eigenvalue weighted by Crippen LogP contribution is 2.36. The molecule has 1 atom stereocenters. The van der Waals surface area contributed by atoms with Gasteiger partial charge in [-0.25, -0.2) is 0 Å². The van der Waals surface area contributed by atoms with E-state index < -0.39 is 0 Å². The topological polar surface area (TPSA) is 17.1 Å². The molecule has 0 radical (unpaired) electrons. The molecule has 0 spiro atoms. The van der Waals surface area contributed by atoms with E-state index in [1.165, 1.54) is 49.7 Å². The molecule has 1 fully saturated rings. The summed E-state index contributed by atoms with van der Waals surface area (Å²) >= 11 is 0. The lowest BCUT2D eigenvalue weighted by molar-refractivity contribution is -0.124.